The first-order chi connectivity index (χ1) is 40.0. The van der Waals surface area contributed by atoms with Gasteiger partial charge in [-0.05, 0) is 83.5 Å². The Labute approximate surface area is 504 Å². The van der Waals surface area contributed by atoms with Crippen LogP contribution in [0.4, 0.5) is 0 Å². The zero-order valence-corrected chi connectivity index (χ0v) is 54.3. The van der Waals surface area contributed by atoms with Gasteiger partial charge >= 0.3 is 17.9 Å². The number of carbonyl (C=O) groups excluding carboxylic acids is 3. The zero-order chi connectivity index (χ0) is 58.5. The van der Waals surface area contributed by atoms with E-state index in [0.29, 0.717) is 19.3 Å². The first-order valence-corrected chi connectivity index (χ1v) is 35.8. The van der Waals surface area contributed by atoms with Crippen LogP contribution >= 0.6 is 0 Å². The van der Waals surface area contributed by atoms with Crippen molar-refractivity contribution in [3.63, 3.8) is 0 Å². The van der Waals surface area contributed by atoms with Gasteiger partial charge in [-0.1, -0.05) is 338 Å². The van der Waals surface area contributed by atoms with Gasteiger partial charge in [-0.25, -0.2) is 0 Å². The standard InChI is InChI=1S/C75H136O6/c1-4-7-10-13-16-19-22-25-27-29-30-31-32-33-34-35-36-37-38-39-40-41-42-43-44-46-47-50-53-56-59-62-65-68-74(77)80-71-72(70-79-73(76)67-64-61-58-55-52-49-24-21-18-15-12-9-6-3)81-75(78)69-66-63-60-57-54-51-48-45-28-26-23-20-17-14-11-8-5-2/h8,11,17,20,26,28-30,48,51,72H,4-7,9-10,12-16,18-19,21-25,27,31-47,49-50,52-71H2,1-3H3/b11-8-,20-17-,28-26-,30-29-,51-48-. The molecule has 6 nitrogen and oxygen atoms in total. The first-order valence-electron chi connectivity index (χ1n) is 35.8. The average molecular weight is 1130 g/mol. The molecule has 472 valence electrons. The molecular weight excluding hydrogens is 997 g/mol. The smallest absolute Gasteiger partial charge is 0.306 e. The molecule has 0 aromatic rings. The first kappa shape index (κ1) is 78.1. The van der Waals surface area contributed by atoms with Gasteiger partial charge in [-0.3, -0.25) is 14.4 Å². The molecule has 0 spiro atoms. The Morgan fingerprint density at radius 1 is 0.259 bits per heavy atom. The molecule has 0 radical (unpaired) electrons. The topological polar surface area (TPSA) is 78.9 Å². The van der Waals surface area contributed by atoms with E-state index in [9.17, 15) is 14.4 Å². The Morgan fingerprint density at radius 2 is 0.481 bits per heavy atom. The summed E-state index contributed by atoms with van der Waals surface area (Å²) in [6.07, 6.45) is 89.9. The lowest BCUT2D eigenvalue weighted by atomic mass is 10.0. The molecule has 0 aromatic heterocycles. The van der Waals surface area contributed by atoms with Crippen LogP contribution in [-0.4, -0.2) is 37.2 Å². The van der Waals surface area contributed by atoms with Crippen molar-refractivity contribution in [1.29, 1.82) is 0 Å². The van der Waals surface area contributed by atoms with Crippen LogP contribution in [0.15, 0.2) is 60.8 Å². The lowest BCUT2D eigenvalue weighted by molar-refractivity contribution is -0.167. The fourth-order valence-electron chi connectivity index (χ4n) is 10.7. The second kappa shape index (κ2) is 69.6. The number of hydrogen-bond acceptors (Lipinski definition) is 6. The van der Waals surface area contributed by atoms with Crippen molar-refractivity contribution in [2.75, 3.05) is 13.2 Å². The van der Waals surface area contributed by atoms with E-state index in [1.54, 1.807) is 0 Å². The lowest BCUT2D eigenvalue weighted by Gasteiger charge is -2.18. The van der Waals surface area contributed by atoms with Crippen molar-refractivity contribution in [2.24, 2.45) is 0 Å². The minimum Gasteiger partial charge on any atom is -0.462 e. The number of esters is 3. The highest BCUT2D eigenvalue weighted by molar-refractivity contribution is 5.71. The molecule has 0 fully saturated rings. The normalized spacial score (nSPS) is 12.4. The van der Waals surface area contributed by atoms with Gasteiger partial charge in [-0.2, -0.15) is 0 Å². The highest BCUT2D eigenvalue weighted by Crippen LogP contribution is 2.18. The maximum absolute atomic E-state index is 12.9. The Bertz CT molecular complexity index is 1440. The molecule has 0 amide bonds. The van der Waals surface area contributed by atoms with Crippen molar-refractivity contribution < 1.29 is 28.6 Å². The Balaban J connectivity index is 4.13. The maximum atomic E-state index is 12.9. The third-order valence-electron chi connectivity index (χ3n) is 16.0. The Kier molecular flexibility index (Phi) is 67.1. The molecule has 0 aliphatic rings. The van der Waals surface area contributed by atoms with Gasteiger partial charge in [0.1, 0.15) is 13.2 Å². The highest BCUT2D eigenvalue weighted by atomic mass is 16.6. The summed E-state index contributed by atoms with van der Waals surface area (Å²) in [4.78, 5) is 38.4. The predicted molar refractivity (Wildman–Crippen MR) is 353 cm³/mol. The maximum Gasteiger partial charge on any atom is 0.306 e. The van der Waals surface area contributed by atoms with Gasteiger partial charge in [0.25, 0.3) is 0 Å². The van der Waals surface area contributed by atoms with Crippen LogP contribution in [-0.2, 0) is 28.6 Å². The number of ether oxygens (including phenoxy) is 3. The van der Waals surface area contributed by atoms with E-state index in [1.807, 2.05) is 0 Å². The van der Waals surface area contributed by atoms with E-state index >= 15 is 0 Å². The molecule has 1 unspecified atom stereocenters. The summed E-state index contributed by atoms with van der Waals surface area (Å²) in [7, 11) is 0. The van der Waals surface area contributed by atoms with Crippen molar-refractivity contribution >= 4 is 17.9 Å². The van der Waals surface area contributed by atoms with Gasteiger partial charge < -0.3 is 14.2 Å². The molecule has 0 saturated heterocycles. The Hall–Kier alpha value is -2.89. The van der Waals surface area contributed by atoms with Crippen LogP contribution in [0.25, 0.3) is 0 Å². The van der Waals surface area contributed by atoms with Gasteiger partial charge in [0, 0.05) is 19.3 Å². The molecule has 0 N–H and O–H groups in total. The van der Waals surface area contributed by atoms with Crippen molar-refractivity contribution in [1.82, 2.24) is 0 Å². The number of allylic oxidation sites excluding steroid dienone is 10. The third-order valence-corrected chi connectivity index (χ3v) is 16.0. The van der Waals surface area contributed by atoms with Crippen LogP contribution in [0.1, 0.15) is 380 Å². The molecule has 0 aromatic carbocycles. The van der Waals surface area contributed by atoms with Crippen molar-refractivity contribution in [2.45, 2.75) is 386 Å². The summed E-state index contributed by atoms with van der Waals surface area (Å²) >= 11 is 0. The molecule has 81 heavy (non-hydrogen) atoms. The van der Waals surface area contributed by atoms with Crippen molar-refractivity contribution in [3.8, 4) is 0 Å². The SMILES string of the molecule is CC/C=C\C/C=C\C/C=C\C/C=C\CCCCCCC(=O)OC(COC(=O)CCCCCCCCCCCCCCC)COC(=O)CCCCCCCCCCCCCCCCCCCCCCC/C=C\CCCCCCCCCC. The van der Waals surface area contributed by atoms with Crippen LogP contribution < -0.4 is 0 Å². The molecular formula is C75H136O6. The van der Waals surface area contributed by atoms with E-state index in [1.165, 1.54) is 244 Å². The van der Waals surface area contributed by atoms with E-state index in [4.69, 9.17) is 14.2 Å². The van der Waals surface area contributed by atoms with Crippen LogP contribution in [0, 0.1) is 0 Å². The summed E-state index contributed by atoms with van der Waals surface area (Å²) < 4.78 is 16.9. The van der Waals surface area contributed by atoms with Crippen molar-refractivity contribution in [3.05, 3.63) is 60.8 Å². The molecule has 0 bridgehead atoms. The van der Waals surface area contributed by atoms with Gasteiger partial charge in [-0.15, -0.1) is 0 Å². The fourth-order valence-corrected chi connectivity index (χ4v) is 10.7. The van der Waals surface area contributed by atoms with E-state index < -0.39 is 6.10 Å². The number of rotatable bonds is 66. The largest absolute Gasteiger partial charge is 0.462 e. The van der Waals surface area contributed by atoms with Crippen LogP contribution in [0.3, 0.4) is 0 Å². The fraction of sp³-hybridized carbons (Fsp3) is 0.827. The predicted octanol–water partition coefficient (Wildman–Crippen LogP) is 24.7. The molecule has 6 heteroatoms. The number of hydrogen-bond donors (Lipinski definition) is 0. The summed E-state index contributed by atoms with van der Waals surface area (Å²) in [6, 6.07) is 0. The monoisotopic (exact) mass is 1130 g/mol. The summed E-state index contributed by atoms with van der Waals surface area (Å²) in [5.74, 6) is -0.881. The summed E-state index contributed by atoms with van der Waals surface area (Å²) in [6.45, 7) is 6.56. The van der Waals surface area contributed by atoms with Gasteiger partial charge in [0.2, 0.25) is 0 Å². The van der Waals surface area contributed by atoms with Crippen LogP contribution in [0.5, 0.6) is 0 Å². The summed E-state index contributed by atoms with van der Waals surface area (Å²) in [5, 5.41) is 0. The van der Waals surface area contributed by atoms with Crippen LogP contribution in [0.2, 0.25) is 0 Å². The molecule has 0 rings (SSSR count). The third kappa shape index (κ3) is 67.8. The molecule has 1 atom stereocenters. The molecule has 0 aliphatic heterocycles. The minimum absolute atomic E-state index is 0.0796. The zero-order valence-electron chi connectivity index (χ0n) is 54.3. The van der Waals surface area contributed by atoms with Gasteiger partial charge in [0.05, 0.1) is 0 Å². The van der Waals surface area contributed by atoms with E-state index in [0.717, 1.165) is 96.3 Å². The minimum atomic E-state index is -0.785. The van der Waals surface area contributed by atoms with E-state index in [-0.39, 0.29) is 31.1 Å². The molecule has 0 aliphatic carbocycles. The average Bonchev–Trinajstić information content (AvgIpc) is 3.46. The highest BCUT2D eigenvalue weighted by Gasteiger charge is 2.19. The Morgan fingerprint density at radius 3 is 0.765 bits per heavy atom. The second-order valence-corrected chi connectivity index (χ2v) is 24.1. The summed E-state index contributed by atoms with van der Waals surface area (Å²) in [5.41, 5.74) is 0. The quantitative estimate of drug-likeness (QED) is 0.0261. The lowest BCUT2D eigenvalue weighted by Crippen LogP contribution is -2.30. The molecule has 0 heterocycles. The molecule has 0 saturated carbocycles. The van der Waals surface area contributed by atoms with Gasteiger partial charge in [0.15, 0.2) is 6.10 Å². The number of carbonyl (C=O) groups is 3. The number of unbranched alkanes of at least 4 members (excludes halogenated alkanes) is 45. The van der Waals surface area contributed by atoms with E-state index in [2.05, 4.69) is 81.5 Å². The second-order valence-electron chi connectivity index (χ2n) is 24.1.